The molecule has 1 saturated heterocycles. The SMILES string of the molecule is CCOc1ccc(/C=c2\s/c(=C(\C#N)C(=O)N3CCN(C(c4ccccc4)c4ccccc4)CC3)n(Cc3ccc(OC)cc3)c2=O)cc1. The van der Waals surface area contributed by atoms with Gasteiger partial charge in [-0.2, -0.15) is 5.26 Å². The van der Waals surface area contributed by atoms with E-state index in [1.54, 1.807) is 22.7 Å². The molecule has 0 aliphatic carbocycles. The summed E-state index contributed by atoms with van der Waals surface area (Å²) in [6.45, 7) is 4.88. The molecule has 0 spiro atoms. The number of methoxy groups -OCH3 is 1. The first-order valence-corrected chi connectivity index (χ1v) is 17.2. The van der Waals surface area contributed by atoms with Gasteiger partial charge in [-0.1, -0.05) is 84.9 Å². The van der Waals surface area contributed by atoms with Crippen LogP contribution in [0.25, 0.3) is 11.6 Å². The monoisotopic (exact) mass is 670 g/mol. The number of carbonyl (C=O) groups excluding carboxylic acids is 1. The third kappa shape index (κ3) is 7.67. The summed E-state index contributed by atoms with van der Waals surface area (Å²) in [6.07, 6.45) is 1.79. The Kier molecular flexibility index (Phi) is 10.7. The smallest absolute Gasteiger partial charge is 0.269 e. The summed E-state index contributed by atoms with van der Waals surface area (Å²) >= 11 is 1.17. The Balaban J connectivity index is 1.34. The lowest BCUT2D eigenvalue weighted by atomic mass is 9.96. The molecule has 6 rings (SSSR count). The van der Waals surface area contributed by atoms with E-state index in [4.69, 9.17) is 9.47 Å². The molecule has 0 N–H and O–H groups in total. The summed E-state index contributed by atoms with van der Waals surface area (Å²) < 4.78 is 13.2. The third-order valence-electron chi connectivity index (χ3n) is 8.63. The molecule has 0 saturated carbocycles. The Labute approximate surface area is 290 Å². The topological polar surface area (TPSA) is 87.8 Å². The molecule has 248 valence electrons. The van der Waals surface area contributed by atoms with Gasteiger partial charge in [0.15, 0.2) is 5.57 Å². The number of rotatable bonds is 10. The molecule has 1 aliphatic heterocycles. The molecule has 1 fully saturated rings. The average molecular weight is 671 g/mol. The summed E-state index contributed by atoms with van der Waals surface area (Å²) in [7, 11) is 1.60. The quantitative estimate of drug-likeness (QED) is 0.212. The van der Waals surface area contributed by atoms with Gasteiger partial charge in [-0.3, -0.25) is 19.1 Å². The number of carbonyl (C=O) groups is 1. The van der Waals surface area contributed by atoms with Crippen molar-refractivity contribution in [3.63, 3.8) is 0 Å². The number of amides is 1. The van der Waals surface area contributed by atoms with Crippen molar-refractivity contribution in [1.82, 2.24) is 14.4 Å². The van der Waals surface area contributed by atoms with Crippen LogP contribution in [-0.2, 0) is 11.3 Å². The lowest BCUT2D eigenvalue weighted by Crippen LogP contribution is -2.50. The van der Waals surface area contributed by atoms with Crippen LogP contribution in [0.5, 0.6) is 11.5 Å². The minimum Gasteiger partial charge on any atom is -0.497 e. The number of ether oxygens (including phenoxy) is 2. The molecule has 2 heterocycles. The number of aromatic nitrogens is 1. The van der Waals surface area contributed by atoms with Crippen molar-refractivity contribution in [2.75, 3.05) is 39.9 Å². The Bertz CT molecular complexity index is 2050. The van der Waals surface area contributed by atoms with Crippen LogP contribution >= 0.6 is 11.3 Å². The Morgan fingerprint density at radius 2 is 1.45 bits per heavy atom. The Morgan fingerprint density at radius 1 is 0.857 bits per heavy atom. The van der Waals surface area contributed by atoms with Crippen molar-refractivity contribution in [2.45, 2.75) is 19.5 Å². The molecule has 0 atom stereocenters. The van der Waals surface area contributed by atoms with E-state index < -0.39 is 0 Å². The summed E-state index contributed by atoms with van der Waals surface area (Å²) in [4.78, 5) is 32.2. The average Bonchev–Trinajstić information content (AvgIpc) is 3.44. The zero-order valence-corrected chi connectivity index (χ0v) is 28.4. The first-order valence-electron chi connectivity index (χ1n) is 16.3. The van der Waals surface area contributed by atoms with Gasteiger partial charge in [0.2, 0.25) is 0 Å². The molecule has 8 nitrogen and oxygen atoms in total. The zero-order chi connectivity index (χ0) is 34.2. The predicted molar refractivity (Wildman–Crippen MR) is 193 cm³/mol. The van der Waals surface area contributed by atoms with Crippen LogP contribution in [0.3, 0.4) is 0 Å². The molecule has 4 aromatic carbocycles. The van der Waals surface area contributed by atoms with Crippen LogP contribution < -0.4 is 24.2 Å². The van der Waals surface area contributed by atoms with E-state index in [0.717, 1.165) is 16.9 Å². The van der Waals surface area contributed by atoms with Gasteiger partial charge in [0.25, 0.3) is 11.5 Å². The molecule has 9 heteroatoms. The van der Waals surface area contributed by atoms with Crippen LogP contribution in [0.1, 0.15) is 35.2 Å². The molecule has 5 aromatic rings. The number of nitriles is 1. The first-order chi connectivity index (χ1) is 24.0. The zero-order valence-electron chi connectivity index (χ0n) is 27.6. The first kappa shape index (κ1) is 33.5. The molecular weight excluding hydrogens is 633 g/mol. The summed E-state index contributed by atoms with van der Waals surface area (Å²) in [6, 6.07) is 37.9. The van der Waals surface area contributed by atoms with Gasteiger partial charge in [0.05, 0.1) is 30.8 Å². The fourth-order valence-electron chi connectivity index (χ4n) is 6.15. The number of hydrogen-bond donors (Lipinski definition) is 0. The number of nitrogens with zero attached hydrogens (tertiary/aromatic N) is 4. The van der Waals surface area contributed by atoms with Crippen molar-refractivity contribution in [1.29, 1.82) is 5.26 Å². The highest BCUT2D eigenvalue weighted by atomic mass is 32.1. The highest BCUT2D eigenvalue weighted by molar-refractivity contribution is 7.07. The summed E-state index contributed by atoms with van der Waals surface area (Å²) in [5, 5.41) is 10.5. The molecule has 49 heavy (non-hydrogen) atoms. The van der Waals surface area contributed by atoms with Crippen molar-refractivity contribution in [2.24, 2.45) is 0 Å². The van der Waals surface area contributed by atoms with Crippen LogP contribution in [0, 0.1) is 11.3 Å². The number of thiazole rings is 1. The lowest BCUT2D eigenvalue weighted by Gasteiger charge is -2.39. The maximum atomic E-state index is 14.1. The van der Waals surface area contributed by atoms with Gasteiger partial charge in [0, 0.05) is 26.2 Å². The van der Waals surface area contributed by atoms with Crippen LogP contribution in [-0.4, -0.2) is 60.2 Å². The second kappa shape index (κ2) is 15.6. The van der Waals surface area contributed by atoms with Crippen LogP contribution in [0.15, 0.2) is 114 Å². The maximum Gasteiger partial charge on any atom is 0.269 e. The predicted octanol–water partition coefficient (Wildman–Crippen LogP) is 4.80. The van der Waals surface area contributed by atoms with Gasteiger partial charge in [-0.15, -0.1) is 11.3 Å². The standard InChI is InChI=1S/C40H38N4O4S/c1-3-48-34-20-14-29(15-21-34)26-36-39(46)44(28-30-16-18-33(47-2)19-17-30)40(49-36)35(27-41)38(45)43-24-22-42(23-25-43)37(31-10-6-4-7-11-31)32-12-8-5-9-13-32/h4-21,26,37H,3,22-25,28H2,1-2H3/b36-26-,40-35+. The van der Waals surface area contributed by atoms with Gasteiger partial charge in [0.1, 0.15) is 22.2 Å². The second-order valence-corrected chi connectivity index (χ2v) is 12.7. The van der Waals surface area contributed by atoms with Crippen LogP contribution in [0.2, 0.25) is 0 Å². The molecule has 1 aromatic heterocycles. The molecule has 0 unspecified atom stereocenters. The highest BCUT2D eigenvalue weighted by Crippen LogP contribution is 2.29. The number of hydrogen-bond acceptors (Lipinski definition) is 7. The largest absolute Gasteiger partial charge is 0.497 e. The molecule has 1 amide bonds. The minimum absolute atomic E-state index is 0.0296. The summed E-state index contributed by atoms with van der Waals surface area (Å²) in [5.74, 6) is 1.08. The Morgan fingerprint density at radius 3 is 2.00 bits per heavy atom. The number of piperazine rings is 1. The van der Waals surface area contributed by atoms with E-state index in [9.17, 15) is 14.9 Å². The van der Waals surface area contributed by atoms with Crippen LogP contribution in [0.4, 0.5) is 0 Å². The van der Waals surface area contributed by atoms with Crippen molar-refractivity contribution < 1.29 is 14.3 Å². The molecular formula is C40H38N4O4S. The van der Waals surface area contributed by atoms with E-state index in [1.165, 1.54) is 22.5 Å². The van der Waals surface area contributed by atoms with E-state index in [2.05, 4.69) is 35.2 Å². The fourth-order valence-corrected chi connectivity index (χ4v) is 7.25. The fraction of sp³-hybridized carbons (Fsp3) is 0.225. The molecule has 0 bridgehead atoms. The third-order valence-corrected chi connectivity index (χ3v) is 9.76. The second-order valence-electron chi connectivity index (χ2n) is 11.7. The van der Waals surface area contributed by atoms with E-state index in [-0.39, 0.29) is 29.6 Å². The van der Waals surface area contributed by atoms with E-state index >= 15 is 0 Å². The van der Waals surface area contributed by atoms with Crippen molar-refractivity contribution in [3.8, 4) is 17.6 Å². The van der Waals surface area contributed by atoms with E-state index in [1.807, 2.05) is 91.9 Å². The lowest BCUT2D eigenvalue weighted by molar-refractivity contribution is -0.126. The van der Waals surface area contributed by atoms with Gasteiger partial charge in [-0.25, -0.2) is 0 Å². The number of benzene rings is 4. The van der Waals surface area contributed by atoms with Gasteiger partial charge >= 0.3 is 0 Å². The Hall–Kier alpha value is -5.43. The normalized spacial score (nSPS) is 14.4. The minimum atomic E-state index is -0.365. The maximum absolute atomic E-state index is 14.1. The van der Waals surface area contributed by atoms with Gasteiger partial charge in [-0.05, 0) is 59.5 Å². The van der Waals surface area contributed by atoms with E-state index in [0.29, 0.717) is 47.7 Å². The molecule has 1 aliphatic rings. The highest BCUT2D eigenvalue weighted by Gasteiger charge is 2.30. The van der Waals surface area contributed by atoms with Crippen molar-refractivity contribution in [3.05, 3.63) is 151 Å². The summed E-state index contributed by atoms with van der Waals surface area (Å²) in [5.41, 5.74) is 3.75. The van der Waals surface area contributed by atoms with Gasteiger partial charge < -0.3 is 14.4 Å². The van der Waals surface area contributed by atoms with Crippen molar-refractivity contribution >= 4 is 28.9 Å². The molecule has 0 radical (unpaired) electrons.